The maximum Gasteiger partial charge on any atom is 0.433 e. The number of aryl methyl sites for hydroxylation is 1. The zero-order chi connectivity index (χ0) is 19.2. The predicted molar refractivity (Wildman–Crippen MR) is 88.8 cm³/mol. The van der Waals surface area contributed by atoms with Gasteiger partial charge in [-0.15, -0.1) is 11.3 Å². The van der Waals surface area contributed by atoms with Gasteiger partial charge in [-0.25, -0.2) is 9.38 Å². The lowest BCUT2D eigenvalue weighted by atomic mass is 10.3. The van der Waals surface area contributed by atoms with Crippen molar-refractivity contribution in [2.75, 3.05) is 7.05 Å². The Morgan fingerprint density at radius 1 is 1.38 bits per heavy atom. The van der Waals surface area contributed by atoms with Gasteiger partial charge in [0, 0.05) is 24.1 Å². The van der Waals surface area contributed by atoms with Gasteiger partial charge in [-0.3, -0.25) is 14.3 Å². The molecule has 0 unspecified atom stereocenters. The molecule has 0 fully saturated rings. The number of amides is 1. The zero-order valence-corrected chi connectivity index (χ0v) is 15.0. The van der Waals surface area contributed by atoms with Crippen LogP contribution in [0.4, 0.5) is 13.2 Å². The molecule has 3 aromatic heterocycles. The summed E-state index contributed by atoms with van der Waals surface area (Å²) < 4.78 is 40.9. The summed E-state index contributed by atoms with van der Waals surface area (Å²) in [7, 11) is 1.43. The molecule has 7 nitrogen and oxygen atoms in total. The van der Waals surface area contributed by atoms with E-state index in [0.717, 1.165) is 21.8 Å². The van der Waals surface area contributed by atoms with Gasteiger partial charge in [0.25, 0.3) is 11.5 Å². The molecule has 1 N–H and O–H groups in total. The maximum absolute atomic E-state index is 13.0. The lowest BCUT2D eigenvalue weighted by Crippen LogP contribution is -2.26. The molecule has 0 radical (unpaired) electrons. The molecule has 0 bridgehead atoms. The minimum Gasteiger partial charge on any atom is -0.354 e. The average Bonchev–Trinajstić information content (AvgIpc) is 3.06. The molecule has 0 aliphatic heterocycles. The minimum absolute atomic E-state index is 0.0740. The normalized spacial score (nSPS) is 11.9. The summed E-state index contributed by atoms with van der Waals surface area (Å²) >= 11 is 6.67. The van der Waals surface area contributed by atoms with E-state index in [1.54, 1.807) is 6.92 Å². The van der Waals surface area contributed by atoms with Crippen LogP contribution in [-0.2, 0) is 12.7 Å². The molecule has 0 aromatic carbocycles. The lowest BCUT2D eigenvalue weighted by molar-refractivity contribution is -0.144. The van der Waals surface area contributed by atoms with E-state index in [1.807, 2.05) is 0 Å². The Morgan fingerprint density at radius 3 is 2.69 bits per heavy atom. The van der Waals surface area contributed by atoms with Crippen LogP contribution in [0.2, 0.25) is 5.15 Å². The largest absolute Gasteiger partial charge is 0.433 e. The van der Waals surface area contributed by atoms with Crippen molar-refractivity contribution in [3.05, 3.63) is 49.6 Å². The quantitative estimate of drug-likeness (QED) is 0.725. The summed E-state index contributed by atoms with van der Waals surface area (Å²) in [4.78, 5) is 29.3. The first-order valence-electron chi connectivity index (χ1n) is 7.16. The first kappa shape index (κ1) is 18.4. The first-order valence-corrected chi connectivity index (χ1v) is 8.36. The van der Waals surface area contributed by atoms with Gasteiger partial charge in [0.2, 0.25) is 0 Å². The Morgan fingerprint density at radius 2 is 2.08 bits per heavy atom. The second-order valence-corrected chi connectivity index (χ2v) is 6.87. The standard InChI is InChI=1S/C14H11ClF3N5O2S/c1-6-11(12(25)19-2)23-10(24)3-7(20-13(23)26-6)5-22-8(14(16,17)18)4-9(15)21-22/h3-4H,5H2,1-2H3,(H,19,25). The highest BCUT2D eigenvalue weighted by Crippen LogP contribution is 2.31. The fraction of sp³-hybridized carbons (Fsp3) is 0.286. The van der Waals surface area contributed by atoms with Gasteiger partial charge in [0.1, 0.15) is 11.4 Å². The SMILES string of the molecule is CNC(=O)c1c(C)sc2nc(Cn3nc(Cl)cc3C(F)(F)F)cc(=O)n12. The Kier molecular flexibility index (Phi) is 4.53. The first-order chi connectivity index (χ1) is 12.1. The molecule has 0 saturated heterocycles. The monoisotopic (exact) mass is 405 g/mol. The van der Waals surface area contributed by atoms with Gasteiger partial charge >= 0.3 is 6.18 Å². The van der Waals surface area contributed by atoms with Crippen molar-refractivity contribution in [1.29, 1.82) is 0 Å². The van der Waals surface area contributed by atoms with Crippen LogP contribution < -0.4 is 10.9 Å². The van der Waals surface area contributed by atoms with Crippen molar-refractivity contribution in [3.63, 3.8) is 0 Å². The summed E-state index contributed by atoms with van der Waals surface area (Å²) in [5.74, 6) is -0.455. The second-order valence-electron chi connectivity index (χ2n) is 5.30. The van der Waals surface area contributed by atoms with Crippen LogP contribution in [0.3, 0.4) is 0 Å². The molecule has 26 heavy (non-hydrogen) atoms. The molecular weight excluding hydrogens is 395 g/mol. The van der Waals surface area contributed by atoms with Crippen molar-refractivity contribution in [3.8, 4) is 0 Å². The van der Waals surface area contributed by atoms with Crippen LogP contribution in [0.1, 0.15) is 26.8 Å². The number of nitrogens with zero attached hydrogens (tertiary/aromatic N) is 4. The number of fused-ring (bicyclic) bond motifs is 1. The fourth-order valence-electron chi connectivity index (χ4n) is 2.47. The van der Waals surface area contributed by atoms with E-state index in [9.17, 15) is 22.8 Å². The van der Waals surface area contributed by atoms with Crippen LogP contribution in [-0.4, -0.2) is 32.1 Å². The highest BCUT2D eigenvalue weighted by atomic mass is 35.5. The minimum atomic E-state index is -4.65. The summed E-state index contributed by atoms with van der Waals surface area (Å²) in [5.41, 5.74) is -1.39. The molecule has 0 atom stereocenters. The van der Waals surface area contributed by atoms with Gasteiger partial charge in [0.05, 0.1) is 12.2 Å². The topological polar surface area (TPSA) is 81.3 Å². The number of carbonyl (C=O) groups is 1. The summed E-state index contributed by atoms with van der Waals surface area (Å²) in [6.45, 7) is 1.26. The maximum atomic E-state index is 13.0. The van der Waals surface area contributed by atoms with Gasteiger partial charge in [-0.1, -0.05) is 11.6 Å². The molecule has 3 aromatic rings. The van der Waals surface area contributed by atoms with Crippen molar-refractivity contribution >= 4 is 33.8 Å². The van der Waals surface area contributed by atoms with E-state index < -0.39 is 23.3 Å². The summed E-state index contributed by atoms with van der Waals surface area (Å²) in [6.07, 6.45) is -4.65. The highest BCUT2D eigenvalue weighted by Gasteiger charge is 2.36. The van der Waals surface area contributed by atoms with Crippen molar-refractivity contribution in [2.45, 2.75) is 19.6 Å². The summed E-state index contributed by atoms with van der Waals surface area (Å²) in [5, 5.41) is 5.72. The number of carbonyl (C=O) groups excluding carboxylic acids is 1. The molecule has 0 aliphatic rings. The predicted octanol–water partition coefficient (Wildman–Crippen LogP) is 2.34. The van der Waals surface area contributed by atoms with Crippen LogP contribution >= 0.6 is 22.9 Å². The van der Waals surface area contributed by atoms with Crippen molar-refractivity contribution in [2.24, 2.45) is 0 Å². The van der Waals surface area contributed by atoms with E-state index in [2.05, 4.69) is 15.4 Å². The van der Waals surface area contributed by atoms with Gasteiger partial charge in [-0.05, 0) is 6.92 Å². The Bertz CT molecular complexity index is 1070. The van der Waals surface area contributed by atoms with Crippen LogP contribution in [0.15, 0.2) is 16.9 Å². The third-order valence-electron chi connectivity index (χ3n) is 3.54. The molecule has 12 heteroatoms. The fourth-order valence-corrected chi connectivity index (χ4v) is 3.66. The Hall–Kier alpha value is -2.40. The Labute approximate surface area is 153 Å². The number of thiazole rings is 1. The van der Waals surface area contributed by atoms with Crippen LogP contribution in [0.25, 0.3) is 4.96 Å². The van der Waals surface area contributed by atoms with Gasteiger partial charge in [0.15, 0.2) is 10.1 Å². The van der Waals surface area contributed by atoms with E-state index in [1.165, 1.54) is 7.05 Å². The van der Waals surface area contributed by atoms with E-state index >= 15 is 0 Å². The number of hydrogen-bond acceptors (Lipinski definition) is 5. The second kappa shape index (κ2) is 6.40. The van der Waals surface area contributed by atoms with E-state index in [4.69, 9.17) is 11.6 Å². The molecule has 3 rings (SSSR count). The Balaban J connectivity index is 2.09. The molecule has 0 spiro atoms. The smallest absolute Gasteiger partial charge is 0.354 e. The van der Waals surface area contributed by atoms with Gasteiger partial charge in [-0.2, -0.15) is 18.3 Å². The number of hydrogen-bond donors (Lipinski definition) is 1. The molecule has 1 amide bonds. The number of aromatic nitrogens is 4. The summed E-state index contributed by atoms with van der Waals surface area (Å²) in [6, 6.07) is 1.77. The highest BCUT2D eigenvalue weighted by molar-refractivity contribution is 7.17. The molecule has 3 heterocycles. The number of rotatable bonds is 3. The zero-order valence-electron chi connectivity index (χ0n) is 13.4. The van der Waals surface area contributed by atoms with E-state index in [0.29, 0.717) is 15.6 Å². The third kappa shape index (κ3) is 3.19. The van der Waals surface area contributed by atoms with Crippen LogP contribution in [0.5, 0.6) is 0 Å². The third-order valence-corrected chi connectivity index (χ3v) is 4.68. The van der Waals surface area contributed by atoms with Gasteiger partial charge < -0.3 is 5.32 Å². The molecule has 138 valence electrons. The van der Waals surface area contributed by atoms with Crippen molar-refractivity contribution < 1.29 is 18.0 Å². The van der Waals surface area contributed by atoms with Crippen molar-refractivity contribution in [1.82, 2.24) is 24.5 Å². The van der Waals surface area contributed by atoms with E-state index in [-0.39, 0.29) is 28.0 Å². The number of nitrogens with one attached hydrogen (secondary N) is 1. The average molecular weight is 406 g/mol. The number of halogens is 4. The number of alkyl halides is 3. The molecular formula is C14H11ClF3N5O2S. The molecule has 0 aliphatic carbocycles. The lowest BCUT2D eigenvalue weighted by Gasteiger charge is -2.09. The molecule has 0 saturated carbocycles. The van der Waals surface area contributed by atoms with Crippen LogP contribution in [0, 0.1) is 6.92 Å².